The van der Waals surface area contributed by atoms with Gasteiger partial charge < -0.3 is 10.2 Å². The highest BCUT2D eigenvalue weighted by Gasteiger charge is 2.32. The van der Waals surface area contributed by atoms with E-state index in [1.54, 1.807) is 24.4 Å². The van der Waals surface area contributed by atoms with Gasteiger partial charge in [-0.15, -0.1) is 0 Å². The van der Waals surface area contributed by atoms with Crippen LogP contribution in [0.3, 0.4) is 0 Å². The zero-order valence-electron chi connectivity index (χ0n) is 20.0. The number of thioether (sulfide) groups is 1. The number of amides is 2. The van der Waals surface area contributed by atoms with Gasteiger partial charge in [0.1, 0.15) is 0 Å². The van der Waals surface area contributed by atoms with E-state index in [9.17, 15) is 22.8 Å². The highest BCUT2D eigenvalue weighted by atomic mass is 32.2. The molecule has 2 saturated heterocycles. The average molecular weight is 545 g/mol. The lowest BCUT2D eigenvalue weighted by molar-refractivity contribution is -0.137. The number of aromatic nitrogens is 5. The van der Waals surface area contributed by atoms with Gasteiger partial charge in [0.15, 0.2) is 0 Å². The van der Waals surface area contributed by atoms with Crippen molar-refractivity contribution in [1.82, 2.24) is 35.8 Å². The summed E-state index contributed by atoms with van der Waals surface area (Å²) in [4.78, 5) is 38.7. The third-order valence-corrected chi connectivity index (χ3v) is 7.01. The van der Waals surface area contributed by atoms with Crippen LogP contribution in [0, 0.1) is 5.92 Å². The Morgan fingerprint density at radius 1 is 1.13 bits per heavy atom. The minimum absolute atomic E-state index is 0.194. The van der Waals surface area contributed by atoms with Crippen LogP contribution in [0.5, 0.6) is 0 Å². The summed E-state index contributed by atoms with van der Waals surface area (Å²) < 4.78 is 40.2. The lowest BCUT2D eigenvalue weighted by Crippen LogP contribution is -2.38. The minimum atomic E-state index is -4.48. The average Bonchev–Trinajstić information content (AvgIpc) is 3.54. The number of nitrogens with zero attached hydrogens (tertiary/aromatic N) is 5. The van der Waals surface area contributed by atoms with E-state index in [0.29, 0.717) is 48.6 Å². The summed E-state index contributed by atoms with van der Waals surface area (Å²) in [6.07, 6.45) is 1.87. The second kappa shape index (κ2) is 10.9. The Morgan fingerprint density at radius 2 is 1.95 bits per heavy atom. The molecule has 0 atom stereocenters. The number of hydrogen-bond acceptors (Lipinski definition) is 9. The Balaban J connectivity index is 1.16. The van der Waals surface area contributed by atoms with Gasteiger partial charge in [-0.2, -0.15) is 18.3 Å². The van der Waals surface area contributed by atoms with E-state index in [0.717, 1.165) is 36.7 Å². The molecule has 0 bridgehead atoms. The number of H-pyrrole nitrogens is 1. The molecule has 0 unspecified atom stereocenters. The highest BCUT2D eigenvalue weighted by molar-refractivity contribution is 8.18. The van der Waals surface area contributed by atoms with Crippen LogP contribution < -0.4 is 15.5 Å². The van der Waals surface area contributed by atoms with Gasteiger partial charge in [-0.1, -0.05) is 0 Å². The van der Waals surface area contributed by atoms with Gasteiger partial charge >= 0.3 is 6.18 Å². The predicted molar refractivity (Wildman–Crippen MR) is 135 cm³/mol. The Bertz CT molecular complexity index is 1350. The van der Waals surface area contributed by atoms with Crippen molar-refractivity contribution in [2.45, 2.75) is 25.6 Å². The summed E-state index contributed by atoms with van der Waals surface area (Å²) in [5, 5.41) is 11.5. The quantitative estimate of drug-likeness (QED) is 0.382. The Hall–Kier alpha value is -3.78. The monoisotopic (exact) mass is 544 g/mol. The molecule has 2 fully saturated rings. The van der Waals surface area contributed by atoms with E-state index in [2.05, 4.69) is 40.7 Å². The van der Waals surface area contributed by atoms with Crippen LogP contribution in [0.25, 0.3) is 17.5 Å². The van der Waals surface area contributed by atoms with Crippen LogP contribution in [0.4, 0.5) is 23.9 Å². The number of halogens is 3. The standard InChI is InChI=1S/C24H23F3N8O2S/c25-24(26,27)15-9-17(31-19(10-15)18-2-6-30-34-18)13-28-12-14-3-7-35(8-4-14)22-29-5-1-16(32-22)11-20-21(36)33-23(37)38-20/h1-2,5-6,9-11,14,28H,3-4,7-8,12-13H2,(H,30,34)(H,33,36,37). The van der Waals surface area contributed by atoms with E-state index in [-0.39, 0.29) is 17.1 Å². The fourth-order valence-electron chi connectivity index (χ4n) is 4.27. The molecule has 5 rings (SSSR count). The molecule has 2 amide bonds. The number of nitrogens with one attached hydrogen (secondary N) is 3. The van der Waals surface area contributed by atoms with Crippen molar-refractivity contribution >= 4 is 34.9 Å². The largest absolute Gasteiger partial charge is 0.416 e. The van der Waals surface area contributed by atoms with Gasteiger partial charge in [0.25, 0.3) is 11.1 Å². The number of carbonyl (C=O) groups excluding carboxylic acids is 2. The van der Waals surface area contributed by atoms with Gasteiger partial charge in [0.2, 0.25) is 5.95 Å². The first-order valence-corrected chi connectivity index (χ1v) is 12.7. The summed E-state index contributed by atoms with van der Waals surface area (Å²) in [5.41, 5.74) is 0.704. The van der Waals surface area contributed by atoms with E-state index >= 15 is 0 Å². The molecule has 0 aromatic carbocycles. The van der Waals surface area contributed by atoms with Gasteiger partial charge in [0, 0.05) is 32.0 Å². The molecule has 2 aliphatic heterocycles. The molecule has 0 aliphatic carbocycles. The third kappa shape index (κ3) is 6.19. The second-order valence-electron chi connectivity index (χ2n) is 8.90. The first kappa shape index (κ1) is 25.9. The number of piperidine rings is 1. The minimum Gasteiger partial charge on any atom is -0.341 e. The topological polar surface area (TPSA) is 129 Å². The number of imide groups is 1. The Morgan fingerprint density at radius 3 is 2.63 bits per heavy atom. The number of pyridine rings is 1. The zero-order chi connectivity index (χ0) is 26.7. The van der Waals surface area contributed by atoms with Gasteiger partial charge in [-0.05, 0) is 67.4 Å². The van der Waals surface area contributed by atoms with Crippen molar-refractivity contribution in [2.24, 2.45) is 5.92 Å². The molecule has 3 N–H and O–H groups in total. The molecule has 10 nitrogen and oxygen atoms in total. The summed E-state index contributed by atoms with van der Waals surface area (Å²) in [5.74, 6) is 0.436. The number of alkyl halides is 3. The number of hydrogen-bond donors (Lipinski definition) is 3. The van der Waals surface area contributed by atoms with Gasteiger partial charge in [-0.25, -0.2) is 15.0 Å². The summed E-state index contributed by atoms with van der Waals surface area (Å²) in [6.45, 7) is 2.27. The van der Waals surface area contributed by atoms with Crippen molar-refractivity contribution in [1.29, 1.82) is 0 Å². The Kier molecular flexibility index (Phi) is 7.42. The van der Waals surface area contributed by atoms with Crippen molar-refractivity contribution < 1.29 is 22.8 Å². The van der Waals surface area contributed by atoms with Gasteiger partial charge in [-0.3, -0.25) is 20.0 Å². The van der Waals surface area contributed by atoms with Crippen LogP contribution in [0.1, 0.15) is 29.8 Å². The predicted octanol–water partition coefficient (Wildman–Crippen LogP) is 3.61. The molecule has 198 valence electrons. The molecule has 5 heterocycles. The SMILES string of the molecule is O=C1NC(=O)C(=Cc2ccnc(N3CCC(CNCc4cc(C(F)(F)F)cc(-c5ccn[nH]5)n4)CC3)n2)S1. The lowest BCUT2D eigenvalue weighted by atomic mass is 9.97. The summed E-state index contributed by atoms with van der Waals surface area (Å²) in [6, 6.07) is 5.33. The van der Waals surface area contributed by atoms with Crippen molar-refractivity contribution in [3.63, 3.8) is 0 Å². The van der Waals surface area contributed by atoms with E-state index in [4.69, 9.17) is 0 Å². The molecule has 3 aromatic heterocycles. The smallest absolute Gasteiger partial charge is 0.341 e. The zero-order valence-corrected chi connectivity index (χ0v) is 20.8. The summed E-state index contributed by atoms with van der Waals surface area (Å²) >= 11 is 0.834. The van der Waals surface area contributed by atoms with Crippen LogP contribution in [-0.4, -0.2) is 55.9 Å². The maximum atomic E-state index is 13.4. The third-order valence-electron chi connectivity index (χ3n) is 6.20. The van der Waals surface area contributed by atoms with E-state index in [1.165, 1.54) is 6.20 Å². The van der Waals surface area contributed by atoms with E-state index < -0.39 is 22.9 Å². The molecule has 0 spiro atoms. The number of aromatic amines is 1. The van der Waals surface area contributed by atoms with Crippen molar-refractivity contribution in [3.05, 3.63) is 58.5 Å². The van der Waals surface area contributed by atoms with Crippen LogP contribution in [0.2, 0.25) is 0 Å². The molecular weight excluding hydrogens is 521 g/mol. The molecule has 2 aliphatic rings. The maximum Gasteiger partial charge on any atom is 0.416 e. The van der Waals surface area contributed by atoms with E-state index in [1.807, 2.05) is 0 Å². The first-order chi connectivity index (χ1) is 18.2. The molecule has 14 heteroatoms. The van der Waals surface area contributed by atoms with Crippen molar-refractivity contribution in [2.75, 3.05) is 24.5 Å². The number of rotatable bonds is 7. The fraction of sp³-hybridized carbons (Fsp3) is 0.333. The normalized spacial score (nSPS) is 17.9. The molecule has 0 saturated carbocycles. The van der Waals surface area contributed by atoms with Crippen LogP contribution in [-0.2, 0) is 17.5 Å². The fourth-order valence-corrected chi connectivity index (χ4v) is 4.94. The summed E-state index contributed by atoms with van der Waals surface area (Å²) in [7, 11) is 0. The van der Waals surface area contributed by atoms with Crippen LogP contribution >= 0.6 is 11.8 Å². The molecule has 3 aromatic rings. The molecular formula is C24H23F3N8O2S. The highest BCUT2D eigenvalue weighted by Crippen LogP contribution is 2.32. The second-order valence-corrected chi connectivity index (χ2v) is 9.91. The first-order valence-electron chi connectivity index (χ1n) is 11.9. The number of anilines is 1. The van der Waals surface area contributed by atoms with Crippen molar-refractivity contribution in [3.8, 4) is 11.4 Å². The lowest BCUT2D eigenvalue weighted by Gasteiger charge is -2.32. The van der Waals surface area contributed by atoms with Crippen LogP contribution in [0.15, 0.2) is 41.6 Å². The maximum absolute atomic E-state index is 13.4. The number of carbonyl (C=O) groups is 2. The Labute approximate surface area is 219 Å². The van der Waals surface area contributed by atoms with Gasteiger partial charge in [0.05, 0.1) is 33.2 Å². The molecule has 38 heavy (non-hydrogen) atoms. The molecule has 0 radical (unpaired) electrons.